The second kappa shape index (κ2) is 25.0. The summed E-state index contributed by atoms with van der Waals surface area (Å²) < 4.78 is 42.8. The maximum atomic E-state index is 13.1. The predicted octanol–water partition coefficient (Wildman–Crippen LogP) is -1.17. The van der Waals surface area contributed by atoms with Crippen molar-refractivity contribution in [2.75, 3.05) is 124 Å². The molecule has 19 heteroatoms. The highest BCUT2D eigenvalue weighted by atomic mass is 16.6. The van der Waals surface area contributed by atoms with Crippen molar-refractivity contribution < 1.29 is 71.8 Å². The van der Waals surface area contributed by atoms with Gasteiger partial charge in [-0.3, -0.25) is 34.2 Å². The summed E-state index contributed by atoms with van der Waals surface area (Å²) >= 11 is 0. The Balaban J connectivity index is 1.05. The number of nitrogens with zero attached hydrogens (tertiary/aromatic N) is 1. The van der Waals surface area contributed by atoms with Crippen LogP contribution in [-0.2, 0) is 57.1 Å². The van der Waals surface area contributed by atoms with Gasteiger partial charge in [0.25, 0.3) is 11.8 Å². The Morgan fingerprint density at radius 1 is 0.692 bits per heavy atom. The van der Waals surface area contributed by atoms with Crippen LogP contribution in [0, 0.1) is 0 Å². The first-order valence-electron chi connectivity index (χ1n) is 17.0. The minimum absolute atomic E-state index is 0.0576. The highest BCUT2D eigenvalue weighted by Gasteiger charge is 2.45. The Labute approximate surface area is 300 Å². The van der Waals surface area contributed by atoms with Crippen LogP contribution in [0.15, 0.2) is 18.2 Å². The van der Waals surface area contributed by atoms with E-state index in [1.165, 1.54) is 0 Å². The number of benzene rings is 1. The van der Waals surface area contributed by atoms with Crippen LogP contribution < -0.4 is 16.0 Å². The van der Waals surface area contributed by atoms with E-state index in [0.29, 0.717) is 105 Å². The third kappa shape index (κ3) is 15.7. The Morgan fingerprint density at radius 2 is 1.21 bits per heavy atom. The molecule has 0 saturated carbocycles. The summed E-state index contributed by atoms with van der Waals surface area (Å²) in [5.74, 6) is -3.75. The van der Waals surface area contributed by atoms with Crippen molar-refractivity contribution in [3.8, 4) is 0 Å². The van der Waals surface area contributed by atoms with Crippen LogP contribution in [0.5, 0.6) is 0 Å². The number of carboxylic acids is 1. The Hall–Kier alpha value is -4.08. The zero-order valence-corrected chi connectivity index (χ0v) is 29.1. The molecule has 4 N–H and O–H groups in total. The zero-order valence-electron chi connectivity index (χ0n) is 29.1. The molecule has 290 valence electrons. The lowest BCUT2D eigenvalue weighted by molar-refractivity contribution is -0.143. The lowest BCUT2D eigenvalue weighted by Gasteiger charge is -2.27. The van der Waals surface area contributed by atoms with Crippen molar-refractivity contribution in [1.29, 1.82) is 0 Å². The molecule has 1 atom stereocenters. The summed E-state index contributed by atoms with van der Waals surface area (Å²) in [7, 11) is 0. The number of amides is 5. The number of anilines is 1. The molecule has 1 fully saturated rings. The van der Waals surface area contributed by atoms with Crippen molar-refractivity contribution >= 4 is 41.2 Å². The maximum Gasteiger partial charge on any atom is 0.329 e. The van der Waals surface area contributed by atoms with Gasteiger partial charge in [0, 0.05) is 25.2 Å². The molecule has 2 aliphatic rings. The zero-order chi connectivity index (χ0) is 37.4. The van der Waals surface area contributed by atoms with Crippen LogP contribution in [0.25, 0.3) is 0 Å². The van der Waals surface area contributed by atoms with E-state index in [2.05, 4.69) is 20.7 Å². The van der Waals surface area contributed by atoms with E-state index < -0.39 is 48.2 Å². The van der Waals surface area contributed by atoms with Gasteiger partial charge in [-0.2, -0.15) is 0 Å². The van der Waals surface area contributed by atoms with Gasteiger partial charge in [-0.15, -0.1) is 0 Å². The predicted molar refractivity (Wildman–Crippen MR) is 179 cm³/mol. The number of carbonyl (C=O) groups excluding carboxylic acids is 5. The van der Waals surface area contributed by atoms with Gasteiger partial charge in [-0.05, 0) is 18.6 Å². The van der Waals surface area contributed by atoms with Crippen LogP contribution in [0.4, 0.5) is 5.69 Å². The van der Waals surface area contributed by atoms with Crippen molar-refractivity contribution in [1.82, 2.24) is 15.5 Å². The first kappa shape index (κ1) is 42.3. The van der Waals surface area contributed by atoms with Crippen molar-refractivity contribution in [3.05, 3.63) is 29.3 Å². The monoisotopic (exact) mass is 740 g/mol. The summed E-state index contributed by atoms with van der Waals surface area (Å²) in [5, 5.41) is 16.3. The average Bonchev–Trinajstić information content (AvgIpc) is 3.37. The minimum atomic E-state index is -1.14. The van der Waals surface area contributed by atoms with Gasteiger partial charge in [0.1, 0.15) is 19.3 Å². The average molecular weight is 741 g/mol. The highest BCUT2D eigenvalue weighted by molar-refractivity contribution is 6.25. The number of hydrogen-bond acceptors (Lipinski definition) is 15. The molecule has 3 rings (SSSR count). The van der Waals surface area contributed by atoms with Crippen LogP contribution in [0.3, 0.4) is 0 Å². The summed E-state index contributed by atoms with van der Waals surface area (Å²) in [5.41, 5.74) is 0.874. The number of carboxylic acid groups (broad SMARTS) is 1. The molecular formula is C33H48N4O15. The number of hydrogen-bond donors (Lipinski definition) is 4. The topological polar surface area (TPSA) is 236 Å². The molecule has 5 amide bonds. The number of rotatable bonds is 30. The molecular weight excluding hydrogens is 692 g/mol. The SMILES string of the molecule is O=C(O)COCC(=O)NCCOCCOCCOCCOCCOCCOCCOCCNc1cccc2c1C(=O)N(C1CCC(=O)NC1=O)C2=O. The van der Waals surface area contributed by atoms with Gasteiger partial charge in [-0.1, -0.05) is 6.07 Å². The number of piperidine rings is 1. The molecule has 52 heavy (non-hydrogen) atoms. The summed E-state index contributed by atoms with van der Waals surface area (Å²) in [6, 6.07) is 3.86. The van der Waals surface area contributed by atoms with Crippen molar-refractivity contribution in [3.63, 3.8) is 0 Å². The Bertz CT molecular complexity index is 1310. The maximum absolute atomic E-state index is 13.1. The molecule has 1 aromatic carbocycles. The molecule has 2 aliphatic heterocycles. The van der Waals surface area contributed by atoms with Crippen molar-refractivity contribution in [2.45, 2.75) is 18.9 Å². The molecule has 0 spiro atoms. The molecule has 1 aromatic rings. The van der Waals surface area contributed by atoms with Crippen LogP contribution in [0.1, 0.15) is 33.6 Å². The van der Waals surface area contributed by atoms with Gasteiger partial charge < -0.3 is 53.6 Å². The van der Waals surface area contributed by atoms with E-state index in [1.807, 2.05) is 0 Å². The lowest BCUT2D eigenvalue weighted by atomic mass is 10.0. The number of fused-ring (bicyclic) bond motifs is 1. The molecule has 19 nitrogen and oxygen atoms in total. The Morgan fingerprint density at radius 3 is 1.73 bits per heavy atom. The number of ether oxygens (including phenoxy) is 8. The molecule has 1 unspecified atom stereocenters. The van der Waals surface area contributed by atoms with Gasteiger partial charge >= 0.3 is 5.97 Å². The van der Waals surface area contributed by atoms with Gasteiger partial charge in [0.2, 0.25) is 17.7 Å². The van der Waals surface area contributed by atoms with Gasteiger partial charge in [0.05, 0.1) is 104 Å². The number of imide groups is 2. The second-order valence-electron chi connectivity index (χ2n) is 11.1. The Kier molecular flexibility index (Phi) is 20.3. The number of aliphatic carboxylic acids is 1. The van der Waals surface area contributed by atoms with E-state index >= 15 is 0 Å². The fraction of sp³-hybridized carbons (Fsp3) is 0.636. The fourth-order valence-electron chi connectivity index (χ4n) is 4.89. The molecule has 0 aliphatic carbocycles. The largest absolute Gasteiger partial charge is 0.480 e. The quantitative estimate of drug-likeness (QED) is 0.0537. The van der Waals surface area contributed by atoms with E-state index in [4.69, 9.17) is 38.3 Å². The molecule has 0 radical (unpaired) electrons. The van der Waals surface area contributed by atoms with E-state index in [9.17, 15) is 28.8 Å². The standard InChI is InChI=1S/C33H48N4O15/c38-27-5-4-26(31(42)36-27)37-32(43)24-2-1-3-25(30(24)33(37)44)34-6-8-45-10-12-47-14-16-49-18-20-51-21-19-50-17-15-48-13-11-46-9-7-35-28(39)22-52-23-29(40)41/h1-3,26,34H,4-23H2,(H,35,39)(H,40,41)(H,36,38,42). The lowest BCUT2D eigenvalue weighted by Crippen LogP contribution is -2.54. The highest BCUT2D eigenvalue weighted by Crippen LogP contribution is 2.32. The van der Waals surface area contributed by atoms with E-state index in [0.717, 1.165) is 4.90 Å². The first-order chi connectivity index (χ1) is 25.3. The molecule has 0 bridgehead atoms. The fourth-order valence-corrected chi connectivity index (χ4v) is 4.89. The van der Waals surface area contributed by atoms with Crippen molar-refractivity contribution in [2.24, 2.45) is 0 Å². The van der Waals surface area contributed by atoms with Crippen LogP contribution in [0.2, 0.25) is 0 Å². The summed E-state index contributed by atoms with van der Waals surface area (Å²) in [6.07, 6.45) is 0.153. The van der Waals surface area contributed by atoms with Gasteiger partial charge in [0.15, 0.2) is 0 Å². The van der Waals surface area contributed by atoms with Crippen LogP contribution in [-0.4, -0.2) is 170 Å². The third-order valence-corrected chi connectivity index (χ3v) is 7.29. The third-order valence-electron chi connectivity index (χ3n) is 7.29. The number of carbonyl (C=O) groups is 6. The molecule has 0 aromatic heterocycles. The molecule has 2 heterocycles. The normalized spacial score (nSPS) is 15.5. The van der Waals surface area contributed by atoms with E-state index in [1.54, 1.807) is 18.2 Å². The smallest absolute Gasteiger partial charge is 0.329 e. The summed E-state index contributed by atoms with van der Waals surface area (Å²) in [4.78, 5) is 72.4. The van der Waals surface area contributed by atoms with E-state index in [-0.39, 0.29) is 37.1 Å². The second-order valence-corrected chi connectivity index (χ2v) is 11.1. The molecule has 1 saturated heterocycles. The summed E-state index contributed by atoms with van der Waals surface area (Å²) in [6.45, 7) is 5.19. The first-order valence-corrected chi connectivity index (χ1v) is 17.0. The number of nitrogens with one attached hydrogen (secondary N) is 3. The van der Waals surface area contributed by atoms with Gasteiger partial charge in [-0.25, -0.2) is 4.79 Å². The van der Waals surface area contributed by atoms with Crippen LogP contribution >= 0.6 is 0 Å². The minimum Gasteiger partial charge on any atom is -0.480 e.